The lowest BCUT2D eigenvalue weighted by molar-refractivity contribution is 0.877. The van der Waals surface area contributed by atoms with Crippen LogP contribution in [-0.4, -0.2) is 30.6 Å². The van der Waals surface area contributed by atoms with Crippen LogP contribution in [0.25, 0.3) is 16.6 Å². The molecule has 4 rings (SSSR count). The molecule has 1 aromatic carbocycles. The Morgan fingerprint density at radius 1 is 1.04 bits per heavy atom. The van der Waals surface area contributed by atoms with E-state index < -0.39 is 0 Å². The average molecular weight is 316 g/mol. The predicted molar refractivity (Wildman–Crippen MR) is 93.6 cm³/mol. The van der Waals surface area contributed by atoms with Crippen molar-refractivity contribution in [2.24, 2.45) is 5.10 Å². The normalized spacial score (nSPS) is 11.6. The molecule has 6 heteroatoms. The van der Waals surface area contributed by atoms with Crippen molar-refractivity contribution in [2.75, 3.05) is 0 Å². The summed E-state index contributed by atoms with van der Waals surface area (Å²) in [6.45, 7) is 4.19. The number of hydrogen-bond donors (Lipinski definition) is 0. The van der Waals surface area contributed by atoms with Crippen molar-refractivity contribution < 1.29 is 0 Å². The fourth-order valence-corrected chi connectivity index (χ4v) is 2.90. The molecule has 24 heavy (non-hydrogen) atoms. The zero-order valence-corrected chi connectivity index (χ0v) is 13.5. The van der Waals surface area contributed by atoms with Crippen molar-refractivity contribution in [1.82, 2.24) is 24.4 Å². The van der Waals surface area contributed by atoms with Gasteiger partial charge >= 0.3 is 0 Å². The molecule has 0 saturated carbocycles. The van der Waals surface area contributed by atoms with Gasteiger partial charge in [0.1, 0.15) is 12.7 Å². The van der Waals surface area contributed by atoms with Crippen LogP contribution in [-0.2, 0) is 0 Å². The van der Waals surface area contributed by atoms with Gasteiger partial charge in [0.25, 0.3) is 0 Å². The standard InChI is InChI=1S/C18H16N6/c1-13-8-16(10-22-23-11-20-21-12-23)14(2)24(13)17-5-6-18-15(9-17)4-3-7-19-18/h3-12H,1-2H3/b22-10+. The van der Waals surface area contributed by atoms with Gasteiger partial charge in [-0.25, -0.2) is 4.68 Å². The summed E-state index contributed by atoms with van der Waals surface area (Å²) in [6, 6.07) is 12.5. The molecule has 0 atom stereocenters. The van der Waals surface area contributed by atoms with Gasteiger partial charge in [-0.1, -0.05) is 6.07 Å². The zero-order chi connectivity index (χ0) is 16.5. The fourth-order valence-electron chi connectivity index (χ4n) is 2.90. The Hall–Kier alpha value is -3.28. The minimum atomic E-state index is 0.998. The molecular weight excluding hydrogens is 300 g/mol. The van der Waals surface area contributed by atoms with Crippen LogP contribution in [0.15, 0.2) is 60.4 Å². The van der Waals surface area contributed by atoms with Gasteiger partial charge in [0, 0.05) is 34.2 Å². The van der Waals surface area contributed by atoms with Crippen molar-refractivity contribution in [1.29, 1.82) is 0 Å². The maximum atomic E-state index is 4.38. The molecule has 0 aliphatic carbocycles. The van der Waals surface area contributed by atoms with Crippen molar-refractivity contribution in [3.05, 3.63) is 72.2 Å². The number of benzene rings is 1. The van der Waals surface area contributed by atoms with E-state index in [2.05, 4.69) is 69.0 Å². The highest BCUT2D eigenvalue weighted by atomic mass is 15.4. The number of pyridine rings is 1. The molecule has 0 N–H and O–H groups in total. The first-order valence-electron chi connectivity index (χ1n) is 7.65. The van der Waals surface area contributed by atoms with Gasteiger partial charge in [-0.15, -0.1) is 10.2 Å². The molecule has 118 valence electrons. The third-order valence-electron chi connectivity index (χ3n) is 4.05. The highest BCUT2D eigenvalue weighted by Crippen LogP contribution is 2.22. The Morgan fingerprint density at radius 2 is 1.88 bits per heavy atom. The first-order chi connectivity index (χ1) is 11.7. The summed E-state index contributed by atoms with van der Waals surface area (Å²) < 4.78 is 3.80. The van der Waals surface area contributed by atoms with E-state index in [1.807, 2.05) is 18.5 Å². The molecule has 0 aliphatic rings. The lowest BCUT2D eigenvalue weighted by Crippen LogP contribution is -2.00. The van der Waals surface area contributed by atoms with Gasteiger partial charge in [-0.2, -0.15) is 5.10 Å². The van der Waals surface area contributed by atoms with E-state index in [0.29, 0.717) is 0 Å². The van der Waals surface area contributed by atoms with E-state index >= 15 is 0 Å². The second-order valence-corrected chi connectivity index (χ2v) is 5.63. The number of fused-ring (bicyclic) bond motifs is 1. The molecule has 0 fully saturated rings. The highest BCUT2D eigenvalue weighted by Gasteiger charge is 2.10. The largest absolute Gasteiger partial charge is 0.318 e. The SMILES string of the molecule is Cc1cc(/C=N/n2cnnc2)c(C)n1-c1ccc2ncccc2c1. The molecule has 0 bridgehead atoms. The van der Waals surface area contributed by atoms with E-state index in [1.54, 1.807) is 17.3 Å². The third-order valence-corrected chi connectivity index (χ3v) is 4.05. The molecule has 3 aromatic heterocycles. The number of hydrogen-bond acceptors (Lipinski definition) is 4. The topological polar surface area (TPSA) is 60.9 Å². The molecule has 4 aromatic rings. The van der Waals surface area contributed by atoms with Gasteiger partial charge in [0.05, 0.1) is 11.7 Å². The van der Waals surface area contributed by atoms with Crippen LogP contribution in [0.1, 0.15) is 17.0 Å². The summed E-state index contributed by atoms with van der Waals surface area (Å²) in [5.41, 5.74) is 5.47. The molecular formula is C18H16N6. The van der Waals surface area contributed by atoms with Crippen molar-refractivity contribution in [3.63, 3.8) is 0 Å². The van der Waals surface area contributed by atoms with E-state index in [0.717, 1.165) is 33.5 Å². The minimum Gasteiger partial charge on any atom is -0.318 e. The van der Waals surface area contributed by atoms with E-state index in [4.69, 9.17) is 0 Å². The number of aromatic nitrogens is 5. The van der Waals surface area contributed by atoms with Crippen LogP contribution in [0.3, 0.4) is 0 Å². The fraction of sp³-hybridized carbons (Fsp3) is 0.111. The van der Waals surface area contributed by atoms with Crippen molar-refractivity contribution >= 4 is 17.1 Å². The monoisotopic (exact) mass is 316 g/mol. The quantitative estimate of drug-likeness (QED) is 0.546. The second-order valence-electron chi connectivity index (χ2n) is 5.63. The van der Waals surface area contributed by atoms with Gasteiger partial charge in [-0.05, 0) is 44.2 Å². The Balaban J connectivity index is 1.77. The van der Waals surface area contributed by atoms with E-state index in [1.165, 1.54) is 0 Å². The average Bonchev–Trinajstić information content (AvgIpc) is 3.21. The lowest BCUT2D eigenvalue weighted by atomic mass is 10.2. The number of nitrogens with zero attached hydrogens (tertiary/aromatic N) is 6. The first-order valence-corrected chi connectivity index (χ1v) is 7.65. The molecule has 0 saturated heterocycles. The Morgan fingerprint density at radius 3 is 2.71 bits per heavy atom. The van der Waals surface area contributed by atoms with Crippen LogP contribution in [0.5, 0.6) is 0 Å². The maximum absolute atomic E-state index is 4.38. The smallest absolute Gasteiger partial charge is 0.141 e. The molecule has 0 aliphatic heterocycles. The summed E-state index contributed by atoms with van der Waals surface area (Å²) in [7, 11) is 0. The van der Waals surface area contributed by atoms with Gasteiger partial charge in [0.2, 0.25) is 0 Å². The Labute approximate surface area is 139 Å². The minimum absolute atomic E-state index is 0.998. The van der Waals surface area contributed by atoms with Crippen LogP contribution in [0.4, 0.5) is 0 Å². The predicted octanol–water partition coefficient (Wildman–Crippen LogP) is 3.12. The summed E-state index contributed by atoms with van der Waals surface area (Å²) >= 11 is 0. The van der Waals surface area contributed by atoms with Crippen LogP contribution in [0.2, 0.25) is 0 Å². The summed E-state index contributed by atoms with van der Waals surface area (Å²) in [5, 5.41) is 13.0. The summed E-state index contributed by atoms with van der Waals surface area (Å²) in [4.78, 5) is 4.38. The van der Waals surface area contributed by atoms with Crippen LogP contribution >= 0.6 is 0 Å². The van der Waals surface area contributed by atoms with Crippen LogP contribution < -0.4 is 0 Å². The van der Waals surface area contributed by atoms with Crippen molar-refractivity contribution in [2.45, 2.75) is 13.8 Å². The Bertz CT molecular complexity index is 1030. The number of aryl methyl sites for hydroxylation is 1. The van der Waals surface area contributed by atoms with Gasteiger partial charge in [0.15, 0.2) is 0 Å². The van der Waals surface area contributed by atoms with Crippen molar-refractivity contribution in [3.8, 4) is 5.69 Å². The zero-order valence-electron chi connectivity index (χ0n) is 13.5. The molecule has 0 radical (unpaired) electrons. The van der Waals surface area contributed by atoms with E-state index in [-0.39, 0.29) is 0 Å². The molecule has 0 amide bonds. The van der Waals surface area contributed by atoms with Crippen LogP contribution in [0, 0.1) is 13.8 Å². The number of rotatable bonds is 3. The summed E-state index contributed by atoms with van der Waals surface area (Å²) in [5.74, 6) is 0. The molecule has 6 nitrogen and oxygen atoms in total. The van der Waals surface area contributed by atoms with Gasteiger partial charge in [-0.3, -0.25) is 4.98 Å². The highest BCUT2D eigenvalue weighted by molar-refractivity contribution is 5.83. The molecule has 0 unspecified atom stereocenters. The first kappa shape index (κ1) is 14.3. The summed E-state index contributed by atoms with van der Waals surface area (Å²) in [6.07, 6.45) is 6.76. The second kappa shape index (κ2) is 5.73. The van der Waals surface area contributed by atoms with E-state index in [9.17, 15) is 0 Å². The molecule has 0 spiro atoms. The Kier molecular flexibility index (Phi) is 3.42. The lowest BCUT2D eigenvalue weighted by Gasteiger charge is -2.10. The maximum Gasteiger partial charge on any atom is 0.141 e. The third kappa shape index (κ3) is 2.48. The molecule has 3 heterocycles. The van der Waals surface area contributed by atoms with Gasteiger partial charge < -0.3 is 4.57 Å².